The molecule has 3 aliphatic carbocycles. The molecule has 8 nitrogen and oxygen atoms in total. The molecule has 32 heavy (non-hydrogen) atoms. The minimum atomic E-state index is -2.06. The van der Waals surface area contributed by atoms with Gasteiger partial charge >= 0.3 is 11.9 Å². The lowest BCUT2D eigenvalue weighted by Crippen LogP contribution is -2.45. The smallest absolute Gasteiger partial charge is 0.327 e. The van der Waals surface area contributed by atoms with Crippen molar-refractivity contribution in [3.8, 4) is 0 Å². The first kappa shape index (κ1) is 24.8. The summed E-state index contributed by atoms with van der Waals surface area (Å²) in [5, 5.41) is 18.5. The van der Waals surface area contributed by atoms with Gasteiger partial charge in [-0.2, -0.15) is 0 Å². The summed E-state index contributed by atoms with van der Waals surface area (Å²) in [6.07, 6.45) is 6.09. The van der Waals surface area contributed by atoms with Crippen molar-refractivity contribution >= 4 is 23.5 Å². The maximum atomic E-state index is 12.9. The van der Waals surface area contributed by atoms with Crippen LogP contribution in [0.25, 0.3) is 0 Å². The van der Waals surface area contributed by atoms with Gasteiger partial charge < -0.3 is 19.7 Å². The van der Waals surface area contributed by atoms with Crippen LogP contribution in [0.2, 0.25) is 0 Å². The summed E-state index contributed by atoms with van der Waals surface area (Å²) in [6, 6.07) is 0. The lowest BCUT2D eigenvalue weighted by molar-refractivity contribution is -0.169. The van der Waals surface area contributed by atoms with Crippen molar-refractivity contribution in [2.75, 3.05) is 26.4 Å². The molecule has 0 radical (unpaired) electrons. The molecule has 2 N–H and O–H groups in total. The molecule has 0 bridgehead atoms. The maximum absolute atomic E-state index is 12.9. The fraction of sp³-hybridized carbons (Fsp3) is 0.833. The SMILES string of the molecule is O=C(CC1(C(=O)OCC2CCC(CO)CC2)C(=O)CCC1=O)OCC1CCC(CO)CC1. The third kappa shape index (κ3) is 5.76. The highest BCUT2D eigenvalue weighted by molar-refractivity contribution is 6.27. The van der Waals surface area contributed by atoms with E-state index >= 15 is 0 Å². The Morgan fingerprint density at radius 3 is 1.56 bits per heavy atom. The number of ether oxygens (including phenoxy) is 2. The van der Waals surface area contributed by atoms with Crippen LogP contribution in [0.15, 0.2) is 0 Å². The van der Waals surface area contributed by atoms with Gasteiger partial charge in [-0.1, -0.05) is 0 Å². The summed E-state index contributed by atoms with van der Waals surface area (Å²) in [5.41, 5.74) is -2.06. The van der Waals surface area contributed by atoms with Crippen LogP contribution in [0.4, 0.5) is 0 Å². The van der Waals surface area contributed by atoms with E-state index in [9.17, 15) is 29.4 Å². The van der Waals surface area contributed by atoms with Crippen LogP contribution in [-0.4, -0.2) is 60.1 Å². The van der Waals surface area contributed by atoms with Gasteiger partial charge in [0.2, 0.25) is 0 Å². The molecule has 0 aromatic carbocycles. The minimum Gasteiger partial charge on any atom is -0.465 e. The van der Waals surface area contributed by atoms with Crippen molar-refractivity contribution in [1.29, 1.82) is 0 Å². The van der Waals surface area contributed by atoms with Crippen molar-refractivity contribution in [3.05, 3.63) is 0 Å². The number of carbonyl (C=O) groups is 4. The fourth-order valence-electron chi connectivity index (χ4n) is 5.26. The number of hydrogen-bond acceptors (Lipinski definition) is 8. The van der Waals surface area contributed by atoms with Crippen LogP contribution in [0.1, 0.15) is 70.6 Å². The highest BCUT2D eigenvalue weighted by atomic mass is 16.5. The zero-order valence-electron chi connectivity index (χ0n) is 18.8. The Bertz CT molecular complexity index is 670. The fourth-order valence-corrected chi connectivity index (χ4v) is 5.26. The van der Waals surface area contributed by atoms with Gasteiger partial charge in [0, 0.05) is 26.1 Å². The first-order valence-electron chi connectivity index (χ1n) is 12.0. The second-order valence-electron chi connectivity index (χ2n) is 9.85. The van der Waals surface area contributed by atoms with E-state index in [-0.39, 0.29) is 57.0 Å². The number of rotatable bonds is 9. The van der Waals surface area contributed by atoms with Crippen molar-refractivity contribution < 1.29 is 38.9 Å². The zero-order chi connectivity index (χ0) is 23.1. The van der Waals surface area contributed by atoms with Crippen molar-refractivity contribution in [2.45, 2.75) is 70.6 Å². The van der Waals surface area contributed by atoms with E-state index in [1.54, 1.807) is 0 Å². The molecular formula is C24H36O8. The normalized spacial score (nSPS) is 30.2. The molecule has 3 saturated carbocycles. The lowest BCUT2D eigenvalue weighted by atomic mass is 9.80. The summed E-state index contributed by atoms with van der Waals surface area (Å²) < 4.78 is 10.8. The lowest BCUT2D eigenvalue weighted by Gasteiger charge is -2.29. The van der Waals surface area contributed by atoms with Crippen LogP contribution >= 0.6 is 0 Å². The molecule has 0 unspecified atom stereocenters. The first-order valence-corrected chi connectivity index (χ1v) is 12.0. The van der Waals surface area contributed by atoms with Gasteiger partial charge in [-0.15, -0.1) is 0 Å². The summed E-state index contributed by atoms with van der Waals surface area (Å²) in [5.74, 6) is -1.87. The molecule has 180 valence electrons. The largest absolute Gasteiger partial charge is 0.465 e. The van der Waals surface area contributed by atoms with Crippen molar-refractivity contribution in [3.63, 3.8) is 0 Å². The number of hydrogen-bond donors (Lipinski definition) is 2. The number of carbonyl (C=O) groups excluding carboxylic acids is 4. The molecule has 8 heteroatoms. The van der Waals surface area contributed by atoms with Crippen molar-refractivity contribution in [1.82, 2.24) is 0 Å². The Morgan fingerprint density at radius 1 is 0.719 bits per heavy atom. The van der Waals surface area contributed by atoms with E-state index < -0.39 is 35.3 Å². The van der Waals surface area contributed by atoms with Gasteiger partial charge in [-0.05, 0) is 75.0 Å². The summed E-state index contributed by atoms with van der Waals surface area (Å²) in [7, 11) is 0. The molecule has 0 saturated heterocycles. The third-order valence-corrected chi connectivity index (χ3v) is 7.67. The Balaban J connectivity index is 1.53. The molecule has 0 aromatic heterocycles. The monoisotopic (exact) mass is 452 g/mol. The van der Waals surface area contributed by atoms with Crippen LogP contribution in [0.5, 0.6) is 0 Å². The van der Waals surface area contributed by atoms with Crippen LogP contribution in [0, 0.1) is 29.1 Å². The van der Waals surface area contributed by atoms with Gasteiger partial charge in [0.1, 0.15) is 0 Å². The molecule has 3 fully saturated rings. The van der Waals surface area contributed by atoms with Crippen molar-refractivity contribution in [2.24, 2.45) is 29.1 Å². The number of aliphatic hydroxyl groups excluding tert-OH is 2. The van der Waals surface area contributed by atoms with Gasteiger partial charge in [-0.25, -0.2) is 0 Å². The Kier molecular flexibility index (Phi) is 8.82. The standard InChI is InChI=1S/C24H36O8/c25-12-16-1-5-18(6-2-16)14-31-22(29)11-24(20(27)9-10-21(24)28)23(30)32-15-19-7-3-17(13-26)4-8-19/h16-19,25-26H,1-15H2. The molecular weight excluding hydrogens is 416 g/mol. The van der Waals surface area contributed by atoms with Gasteiger partial charge in [-0.3, -0.25) is 19.2 Å². The Hall–Kier alpha value is -1.80. The van der Waals surface area contributed by atoms with Gasteiger partial charge in [0.25, 0.3) is 0 Å². The number of Topliss-reactive ketones (excluding diaryl/α,β-unsaturated/α-hetero) is 2. The molecule has 0 aliphatic heterocycles. The molecule has 0 amide bonds. The minimum absolute atomic E-state index is 0.0615. The van der Waals surface area contributed by atoms with E-state index in [2.05, 4.69) is 0 Å². The molecule has 0 heterocycles. The number of aliphatic hydroxyl groups is 2. The summed E-state index contributed by atoms with van der Waals surface area (Å²) >= 11 is 0. The zero-order valence-corrected chi connectivity index (χ0v) is 18.8. The van der Waals surface area contributed by atoms with Crippen LogP contribution < -0.4 is 0 Å². The Labute approximate surface area is 189 Å². The number of ketones is 2. The van der Waals surface area contributed by atoms with E-state index in [4.69, 9.17) is 9.47 Å². The average Bonchev–Trinajstić information content (AvgIpc) is 3.11. The van der Waals surface area contributed by atoms with E-state index in [1.165, 1.54) is 0 Å². The highest BCUT2D eigenvalue weighted by Gasteiger charge is 2.58. The Morgan fingerprint density at radius 2 is 1.12 bits per heavy atom. The second kappa shape index (κ2) is 11.4. The average molecular weight is 453 g/mol. The molecule has 0 spiro atoms. The van der Waals surface area contributed by atoms with Gasteiger partial charge in [0.05, 0.1) is 19.6 Å². The topological polar surface area (TPSA) is 127 Å². The van der Waals surface area contributed by atoms with E-state index in [0.717, 1.165) is 51.4 Å². The van der Waals surface area contributed by atoms with Gasteiger partial charge in [0.15, 0.2) is 17.0 Å². The highest BCUT2D eigenvalue weighted by Crippen LogP contribution is 2.38. The molecule has 3 aliphatic rings. The van der Waals surface area contributed by atoms with E-state index in [0.29, 0.717) is 5.92 Å². The summed E-state index contributed by atoms with van der Waals surface area (Å²) in [6.45, 7) is 0.634. The quantitative estimate of drug-likeness (QED) is 0.402. The first-order chi connectivity index (χ1) is 15.4. The molecule has 3 rings (SSSR count). The molecule has 0 atom stereocenters. The predicted octanol–water partition coefficient (Wildman–Crippen LogP) is 1.98. The van der Waals surface area contributed by atoms with E-state index in [1.807, 2.05) is 0 Å². The maximum Gasteiger partial charge on any atom is 0.327 e. The predicted molar refractivity (Wildman–Crippen MR) is 113 cm³/mol. The molecule has 0 aromatic rings. The second-order valence-corrected chi connectivity index (χ2v) is 9.85. The van der Waals surface area contributed by atoms with Crippen LogP contribution in [-0.2, 0) is 28.7 Å². The number of esters is 2. The third-order valence-electron chi connectivity index (χ3n) is 7.67. The van der Waals surface area contributed by atoms with Crippen LogP contribution in [0.3, 0.4) is 0 Å². The summed E-state index contributed by atoms with van der Waals surface area (Å²) in [4.78, 5) is 50.7.